The van der Waals surface area contributed by atoms with Crippen molar-refractivity contribution >= 4 is 88.6 Å². The first-order chi connectivity index (χ1) is 59.3. The molecule has 0 saturated carbocycles. The molecule has 4 saturated heterocycles. The van der Waals surface area contributed by atoms with Crippen LogP contribution in [-0.4, -0.2) is 167 Å². The van der Waals surface area contributed by atoms with Gasteiger partial charge in [0.25, 0.3) is 45.0 Å². The van der Waals surface area contributed by atoms with Crippen molar-refractivity contribution in [2.75, 3.05) is 111 Å². The molecule has 31 nitrogen and oxygen atoms in total. The molecule has 0 spiro atoms. The molecular weight excluding hydrogens is 1550 g/mol. The number of nitrogens with one attached hydrogen (secondary N) is 4. The summed E-state index contributed by atoms with van der Waals surface area (Å²) in [4.78, 5) is 107. The molecule has 122 heavy (non-hydrogen) atoms. The standard InChI is InChI=1S/C26H24N4O3.C25H23N5O3.C20H21N5O4.C20H20N4O3/c31-26-22-9-5-4-8-21(22)25(27-28-26)20-10-11-23(24(17-20)30(32)33)29-14-12-19(13-15-29)16-18-6-2-1-3-7-18;31-25-21-9-5-4-8-20(21)24(26-27-25)19-10-11-22(23(16-19)30(32)33)29-14-12-28(13-15-29)17-18-6-2-1-3-7-18;26-12-11-23-7-9-24(10-8-23)17-6-5-14(13-18(17)25(28)29)19-15-3-1-2-4-16(15)20(27)22-21-19;1-13-8-10-23(11-9-13)17-7-6-14(12-18(17)24(26)27)19-15-4-2-3-5-16(15)20(25)22-21-19/h1-11,17,19H,12-16H2,(H,28,31);1-11,16H,12-15,17H2,(H,27,31);1-6,13,26H,7-12H2,(H,22,27);2-7,12-13H,8-11H2,1H3,(H,22,25). The van der Waals surface area contributed by atoms with Gasteiger partial charge in [-0.15, -0.1) is 0 Å². The van der Waals surface area contributed by atoms with Crippen LogP contribution in [0.5, 0.6) is 0 Å². The molecule has 10 aromatic carbocycles. The maximum atomic E-state index is 12.1. The summed E-state index contributed by atoms with van der Waals surface area (Å²) < 4.78 is 0. The van der Waals surface area contributed by atoms with Gasteiger partial charge in [0.15, 0.2) is 0 Å². The first kappa shape index (κ1) is 82.5. The predicted octanol–water partition coefficient (Wildman–Crippen LogP) is 14.1. The Morgan fingerprint density at radius 2 is 0.607 bits per heavy atom. The van der Waals surface area contributed by atoms with Gasteiger partial charge in [-0.25, -0.2) is 20.4 Å². The van der Waals surface area contributed by atoms with Gasteiger partial charge < -0.3 is 24.7 Å². The van der Waals surface area contributed by atoms with Gasteiger partial charge >= 0.3 is 0 Å². The van der Waals surface area contributed by atoms with Crippen LogP contribution in [0, 0.1) is 52.3 Å². The maximum absolute atomic E-state index is 12.1. The lowest BCUT2D eigenvalue weighted by molar-refractivity contribution is -0.384. The van der Waals surface area contributed by atoms with E-state index < -0.39 is 0 Å². The predicted molar refractivity (Wildman–Crippen MR) is 473 cm³/mol. The highest BCUT2D eigenvalue weighted by molar-refractivity contribution is 5.98. The van der Waals surface area contributed by atoms with Crippen LogP contribution in [0.25, 0.3) is 88.1 Å². The Bertz CT molecular complexity index is 6230. The number of β-amino-alcohol motifs (C(OH)–C–C–N with tert-alkyl or cyclic N) is 1. The number of H-pyrrole nitrogens is 4. The SMILES string of the molecule is CC1CCN(c2ccc(-c3n[nH]c(=O)c4ccccc34)cc2[N+](=O)[O-])CC1.O=c1[nH]nc(-c2ccc(N3CCC(Cc4ccccc4)CC3)c([N+](=O)[O-])c2)c2ccccc12.O=c1[nH]nc(-c2ccc(N3CCN(CCO)CC3)c([N+](=O)[O-])c2)c2ccccc12.O=c1[nH]nc(-c2ccc(N3CCN(Cc4ccccc4)CC3)c([N+](=O)[O-])c2)c2ccccc12. The summed E-state index contributed by atoms with van der Waals surface area (Å²) in [5.74, 6) is 1.23. The van der Waals surface area contributed by atoms with Crippen LogP contribution in [0.4, 0.5) is 45.5 Å². The molecule has 5 N–H and O–H groups in total. The van der Waals surface area contributed by atoms with Crippen molar-refractivity contribution in [3.8, 4) is 45.0 Å². The fourth-order valence-corrected chi connectivity index (χ4v) is 16.6. The van der Waals surface area contributed by atoms with Gasteiger partial charge in [-0.2, -0.15) is 20.4 Å². The molecule has 0 unspecified atom stereocenters. The Morgan fingerprint density at radius 1 is 0.336 bits per heavy atom. The zero-order valence-electron chi connectivity index (χ0n) is 66.8. The number of hydrogen-bond acceptors (Lipinski definition) is 23. The van der Waals surface area contributed by atoms with Crippen molar-refractivity contribution in [1.82, 2.24) is 50.6 Å². The van der Waals surface area contributed by atoms with Crippen LogP contribution in [0.15, 0.2) is 250 Å². The van der Waals surface area contributed by atoms with E-state index in [1.807, 2.05) is 83.8 Å². The van der Waals surface area contributed by atoms with Crippen molar-refractivity contribution in [2.45, 2.75) is 45.6 Å². The van der Waals surface area contributed by atoms with Gasteiger partial charge in [-0.3, -0.25) is 69.4 Å². The Balaban J connectivity index is 0.000000127. The minimum absolute atomic E-state index is 0.00943. The van der Waals surface area contributed by atoms with Crippen LogP contribution < -0.4 is 41.8 Å². The average Bonchev–Trinajstić information content (AvgIpc) is 0.788. The molecule has 0 atom stereocenters. The highest BCUT2D eigenvalue weighted by atomic mass is 16.6. The Morgan fingerprint density at radius 3 is 0.910 bits per heavy atom. The smallest absolute Gasteiger partial charge is 0.293 e. The lowest BCUT2D eigenvalue weighted by atomic mass is 9.90. The Labute approximate surface area is 697 Å². The minimum atomic E-state index is -0.382. The number of fused-ring (bicyclic) bond motifs is 4. The molecule has 0 amide bonds. The first-order valence-corrected chi connectivity index (χ1v) is 40.5. The second-order valence-electron chi connectivity index (χ2n) is 30.7. The molecule has 14 aromatic rings. The number of nitrogens with zero attached hydrogens (tertiary/aromatic N) is 14. The van der Waals surface area contributed by atoms with E-state index >= 15 is 0 Å². The van der Waals surface area contributed by atoms with Crippen molar-refractivity contribution in [3.05, 3.63) is 324 Å². The lowest BCUT2D eigenvalue weighted by Gasteiger charge is -2.35. The van der Waals surface area contributed by atoms with E-state index in [0.29, 0.717) is 155 Å². The van der Waals surface area contributed by atoms with E-state index in [1.54, 1.807) is 109 Å². The second-order valence-corrected chi connectivity index (χ2v) is 30.7. The van der Waals surface area contributed by atoms with E-state index in [2.05, 4.69) is 109 Å². The van der Waals surface area contributed by atoms with Crippen molar-refractivity contribution in [1.29, 1.82) is 0 Å². The number of piperidine rings is 2. The van der Waals surface area contributed by atoms with Crippen molar-refractivity contribution in [3.63, 3.8) is 0 Å². The summed E-state index contributed by atoms with van der Waals surface area (Å²) in [5.41, 5.74) is 8.59. The monoisotopic (exact) mass is 1640 g/mol. The number of aromatic amines is 4. The summed E-state index contributed by atoms with van der Waals surface area (Å²) in [6.45, 7) is 12.9. The molecule has 4 fully saturated rings. The molecule has 0 radical (unpaired) electrons. The summed E-state index contributed by atoms with van der Waals surface area (Å²) in [6.07, 6.45) is 5.11. The molecule has 0 aliphatic carbocycles. The third kappa shape index (κ3) is 18.6. The molecule has 4 aliphatic heterocycles. The molecule has 0 bridgehead atoms. The maximum Gasteiger partial charge on any atom is 0.293 e. The molecule has 31 heteroatoms. The van der Waals surface area contributed by atoms with E-state index in [4.69, 9.17) is 5.11 Å². The zero-order chi connectivity index (χ0) is 84.9. The Kier molecular flexibility index (Phi) is 25.4. The van der Waals surface area contributed by atoms with Gasteiger partial charge in [-0.1, -0.05) is 165 Å². The number of aromatic nitrogens is 8. The Hall–Kier alpha value is -14.6. The second kappa shape index (κ2) is 37.6. The highest BCUT2D eigenvalue weighted by Gasteiger charge is 2.31. The number of rotatable bonds is 18. The zero-order valence-corrected chi connectivity index (χ0v) is 66.8. The van der Waals surface area contributed by atoms with E-state index in [9.17, 15) is 59.6 Å². The van der Waals surface area contributed by atoms with Crippen LogP contribution in [0.1, 0.15) is 43.7 Å². The van der Waals surface area contributed by atoms with E-state index in [-0.39, 0.29) is 71.3 Å². The van der Waals surface area contributed by atoms with Crippen LogP contribution in [-0.2, 0) is 13.0 Å². The highest BCUT2D eigenvalue weighted by Crippen LogP contribution is 2.41. The molecule has 620 valence electrons. The van der Waals surface area contributed by atoms with Gasteiger partial charge in [-0.05, 0) is 104 Å². The number of nitro benzene ring substituents is 4. The molecule has 4 aliphatic rings. The van der Waals surface area contributed by atoms with Crippen LogP contribution in [0.2, 0.25) is 0 Å². The van der Waals surface area contributed by atoms with Crippen molar-refractivity contribution < 1.29 is 24.8 Å². The third-order valence-corrected chi connectivity index (χ3v) is 23.1. The third-order valence-electron chi connectivity index (χ3n) is 23.1. The number of benzene rings is 10. The first-order valence-electron chi connectivity index (χ1n) is 40.5. The van der Waals surface area contributed by atoms with Crippen LogP contribution >= 0.6 is 0 Å². The van der Waals surface area contributed by atoms with Gasteiger partial charge in [0.2, 0.25) is 0 Å². The molecule has 18 rings (SSSR count). The normalized spacial score (nSPS) is 14.8. The quantitative estimate of drug-likeness (QED) is 0.0393. The van der Waals surface area contributed by atoms with Gasteiger partial charge in [0, 0.05) is 160 Å². The van der Waals surface area contributed by atoms with E-state index in [1.165, 1.54) is 17.2 Å². The topological polar surface area (TPSA) is 395 Å². The average molecular weight is 1640 g/mol. The number of anilines is 4. The largest absolute Gasteiger partial charge is 0.395 e. The van der Waals surface area contributed by atoms with Gasteiger partial charge in [0.1, 0.15) is 22.7 Å². The molecule has 8 heterocycles. The lowest BCUT2D eigenvalue weighted by Crippen LogP contribution is -2.47. The number of nitro groups is 4. The minimum Gasteiger partial charge on any atom is -0.395 e. The number of hydrogen-bond donors (Lipinski definition) is 5. The summed E-state index contributed by atoms with van der Waals surface area (Å²) in [5, 5.41) is 87.9. The van der Waals surface area contributed by atoms with E-state index in [0.717, 1.165) is 91.0 Å². The summed E-state index contributed by atoms with van der Waals surface area (Å²) in [7, 11) is 0. The molecule has 4 aromatic heterocycles. The number of aliphatic hydroxyl groups is 1. The van der Waals surface area contributed by atoms with Crippen molar-refractivity contribution in [2.24, 2.45) is 11.8 Å². The van der Waals surface area contributed by atoms with Crippen LogP contribution in [0.3, 0.4) is 0 Å². The number of aliphatic hydroxyl groups excluding tert-OH is 1. The summed E-state index contributed by atoms with van der Waals surface area (Å²) >= 11 is 0. The van der Waals surface area contributed by atoms with Gasteiger partial charge in [0.05, 0.1) is 70.6 Å². The molecular formula is C91H88N18O13. The fraction of sp³-hybridized carbons (Fsp3) is 0.253. The fourth-order valence-electron chi connectivity index (χ4n) is 16.6. The summed E-state index contributed by atoms with van der Waals surface area (Å²) in [6, 6.07) is 69.9. The number of piperazine rings is 2.